The molecule has 23 heavy (non-hydrogen) atoms. The summed E-state index contributed by atoms with van der Waals surface area (Å²) in [4.78, 5) is 11.2. The van der Waals surface area contributed by atoms with Gasteiger partial charge in [0.25, 0.3) is 0 Å². The molecular weight excluding hydrogens is 380 g/mol. The molecule has 0 amide bonds. The van der Waals surface area contributed by atoms with Crippen molar-refractivity contribution in [3.05, 3.63) is 30.1 Å². The fraction of sp³-hybridized carbons (Fsp3) is 0.308. The van der Waals surface area contributed by atoms with Gasteiger partial charge in [-0.2, -0.15) is 0 Å². The van der Waals surface area contributed by atoms with E-state index in [1.807, 2.05) is 0 Å². The molecule has 0 radical (unpaired) electrons. The van der Waals surface area contributed by atoms with Crippen LogP contribution in [0, 0.1) is 5.82 Å². The first-order valence-electron chi connectivity index (χ1n) is 6.11. The molecule has 7 nitrogen and oxygen atoms in total. The van der Waals surface area contributed by atoms with Crippen molar-refractivity contribution in [2.24, 2.45) is 10.2 Å². The van der Waals surface area contributed by atoms with Gasteiger partial charge < -0.3 is 20.6 Å². The van der Waals surface area contributed by atoms with Crippen LogP contribution in [0.15, 0.2) is 34.5 Å². The topological polar surface area (TPSA) is 115 Å². The molecule has 1 aromatic rings. The molecule has 0 fully saturated rings. The molecule has 1 aromatic carbocycles. The zero-order valence-electron chi connectivity index (χ0n) is 12.4. The Balaban J connectivity index is 0. The predicted octanol–water partition coefficient (Wildman–Crippen LogP) is 2.00. The summed E-state index contributed by atoms with van der Waals surface area (Å²) in [6.07, 6.45) is 0. The maximum absolute atomic E-state index is 12.7. The van der Waals surface area contributed by atoms with E-state index in [1.54, 1.807) is 6.92 Å². The van der Waals surface area contributed by atoms with Crippen LogP contribution in [0.5, 0.6) is 0 Å². The molecule has 134 valence electrons. The van der Waals surface area contributed by atoms with Gasteiger partial charge in [0, 0.05) is 5.69 Å². The number of hydrogen-bond donors (Lipinski definition) is 2. The number of ether oxygens (including phenoxy) is 1. The predicted molar refractivity (Wildman–Crippen MR) is 84.2 cm³/mol. The van der Waals surface area contributed by atoms with Crippen LogP contribution in [0.1, 0.15) is 13.8 Å². The zero-order chi connectivity index (χ0) is 17.0. The Labute approximate surface area is 145 Å². The second-order valence-corrected chi connectivity index (χ2v) is 3.78. The van der Waals surface area contributed by atoms with E-state index in [9.17, 15) is 14.3 Å². The summed E-state index contributed by atoms with van der Waals surface area (Å²) < 4.78 is 17.4. The molecule has 0 bridgehead atoms. The van der Waals surface area contributed by atoms with Crippen molar-refractivity contribution < 1.29 is 39.6 Å². The van der Waals surface area contributed by atoms with Crippen LogP contribution < -0.4 is 5.32 Å². The summed E-state index contributed by atoms with van der Waals surface area (Å²) in [5.41, 5.74) is 0.666. The van der Waals surface area contributed by atoms with Crippen LogP contribution in [-0.2, 0) is 24.6 Å². The van der Waals surface area contributed by atoms with Crippen LogP contribution in [-0.4, -0.2) is 41.3 Å². The van der Waals surface area contributed by atoms with E-state index >= 15 is 0 Å². The van der Waals surface area contributed by atoms with Gasteiger partial charge in [-0.3, -0.25) is 0 Å². The molecule has 0 aliphatic heterocycles. The molecule has 0 saturated carbocycles. The fourth-order valence-electron chi connectivity index (χ4n) is 1.19. The van der Waals surface area contributed by atoms with Crippen LogP contribution in [0.4, 0.5) is 10.1 Å². The van der Waals surface area contributed by atoms with Gasteiger partial charge in [-0.25, -0.2) is 9.18 Å². The number of esters is 1. The van der Waals surface area contributed by atoms with Crippen molar-refractivity contribution in [3.8, 4) is 0 Å². The Hall–Kier alpha value is -1.67. The summed E-state index contributed by atoms with van der Waals surface area (Å²) in [7, 11) is 4.20. The van der Waals surface area contributed by atoms with Gasteiger partial charge >= 0.3 is 31.2 Å². The van der Waals surface area contributed by atoms with Gasteiger partial charge in [0.05, 0.1) is 13.2 Å². The number of anilines is 1. The Bertz CT molecular complexity index is 526. The maximum atomic E-state index is 12.7. The number of hydrogen-bond acceptors (Lipinski definition) is 5. The van der Waals surface area contributed by atoms with Crippen molar-refractivity contribution in [1.29, 1.82) is 0 Å². The molecule has 4 N–H and O–H groups in total. The van der Waals surface area contributed by atoms with Crippen LogP contribution in [0.2, 0.25) is 0 Å². The number of benzene rings is 1. The quantitative estimate of drug-likeness (QED) is 0.251. The molecule has 0 saturated heterocycles. The summed E-state index contributed by atoms with van der Waals surface area (Å²) in [5.74, 6) is -1.24. The standard InChI is InChI=1S/C13H16FN3O3.ClH.Cu.H2O/c1-3-20-13(19)9(2)16-17-12(18)8-15-11-6-4-10(14)5-7-11;;;/h4-7,15H,3,8H2,1-2H3,(H,17,18);1H;;1H2/q;;+1;/p-1/b16-9+;;;. The first-order chi connectivity index (χ1) is 10.5. The van der Waals surface area contributed by atoms with E-state index in [0.29, 0.717) is 5.69 Å². The number of carbonyl (C=O) groups is 1. The van der Waals surface area contributed by atoms with Crippen molar-refractivity contribution in [3.63, 3.8) is 0 Å². The second kappa shape index (κ2) is 14.0. The third kappa shape index (κ3) is 10.6. The van der Waals surface area contributed by atoms with Crippen molar-refractivity contribution in [1.82, 2.24) is 0 Å². The Morgan fingerprint density at radius 2 is 1.91 bits per heavy atom. The number of carbonyl (C=O) groups excluding carboxylic acids is 1. The number of nitrogens with zero attached hydrogens (tertiary/aromatic N) is 2. The number of aliphatic hydroxyl groups is 1. The number of aliphatic hydroxyl groups excluding tert-OH is 1. The third-order valence-corrected chi connectivity index (χ3v) is 2.18. The van der Waals surface area contributed by atoms with Gasteiger partial charge in [0.2, 0.25) is 5.90 Å². The first kappa shape index (κ1) is 23.6. The zero-order valence-corrected chi connectivity index (χ0v) is 14.1. The van der Waals surface area contributed by atoms with E-state index in [2.05, 4.69) is 40.7 Å². The second-order valence-electron chi connectivity index (χ2n) is 3.78. The first-order valence-corrected chi connectivity index (χ1v) is 7.40. The van der Waals surface area contributed by atoms with E-state index in [0.717, 1.165) is 0 Å². The third-order valence-electron chi connectivity index (χ3n) is 2.18. The average molecular weight is 398 g/mol. The summed E-state index contributed by atoms with van der Waals surface area (Å²) >= 11 is 3.66. The minimum absolute atomic E-state index is 0. The van der Waals surface area contributed by atoms with Crippen molar-refractivity contribution in [2.75, 3.05) is 18.5 Å². The summed E-state index contributed by atoms with van der Waals surface area (Å²) in [6.45, 7) is 3.36. The van der Waals surface area contributed by atoms with Crippen molar-refractivity contribution in [2.45, 2.75) is 13.8 Å². The normalized spacial score (nSPS) is 10.9. The molecule has 10 heteroatoms. The Morgan fingerprint density at radius 3 is 2.43 bits per heavy atom. The number of nitrogens with one attached hydrogen (secondary N) is 1. The van der Waals surface area contributed by atoms with Gasteiger partial charge in [0.15, 0.2) is 0 Å². The SMILES string of the molecule is CCOC(=O)/C(C)=N/N=C(\O)CNc1ccc(F)cc1.O.[Cl][Cu]. The van der Waals surface area contributed by atoms with Crippen LogP contribution in [0.3, 0.4) is 0 Å². The Kier molecular flexibility index (Phi) is 14.3. The van der Waals surface area contributed by atoms with Gasteiger partial charge in [-0.15, -0.1) is 10.2 Å². The van der Waals surface area contributed by atoms with E-state index < -0.39 is 5.97 Å². The average Bonchev–Trinajstić information content (AvgIpc) is 2.54. The summed E-state index contributed by atoms with van der Waals surface area (Å²) in [6, 6.07) is 5.63. The van der Waals surface area contributed by atoms with Crippen molar-refractivity contribution >= 4 is 33.4 Å². The number of halogens is 2. The molecule has 0 aliphatic carbocycles. The van der Waals surface area contributed by atoms with Gasteiger partial charge in [-0.1, -0.05) is 0 Å². The molecule has 0 unspecified atom stereocenters. The monoisotopic (exact) mass is 397 g/mol. The van der Waals surface area contributed by atoms with E-state index in [1.165, 1.54) is 31.2 Å². The molecule has 0 atom stereocenters. The van der Waals surface area contributed by atoms with Crippen LogP contribution in [0.25, 0.3) is 0 Å². The van der Waals surface area contributed by atoms with Gasteiger partial charge in [-0.05, 0) is 38.1 Å². The molecule has 1 rings (SSSR count). The molecular formula is C13H18ClCuFN3O4. The van der Waals surface area contributed by atoms with E-state index in [4.69, 9.17) is 4.74 Å². The van der Waals surface area contributed by atoms with E-state index in [-0.39, 0.29) is 36.1 Å². The van der Waals surface area contributed by atoms with Crippen LogP contribution >= 0.6 is 10.1 Å². The Morgan fingerprint density at radius 1 is 1.35 bits per heavy atom. The minimum atomic E-state index is -0.587. The summed E-state index contributed by atoms with van der Waals surface area (Å²) in [5, 5.41) is 19.3. The fourth-order valence-corrected chi connectivity index (χ4v) is 1.19. The molecule has 0 aromatic heterocycles. The van der Waals surface area contributed by atoms with Gasteiger partial charge in [0.1, 0.15) is 11.5 Å². The molecule has 0 heterocycles. The number of rotatable bonds is 6. The molecule has 0 aliphatic rings. The molecule has 0 spiro atoms.